The minimum atomic E-state index is -0.209. The molecule has 6 heteroatoms. The zero-order chi connectivity index (χ0) is 21.0. The molecular formula is C24H24N4O2. The first-order valence-electron chi connectivity index (χ1n) is 10.4. The van der Waals surface area contributed by atoms with E-state index in [1.165, 1.54) is 10.9 Å². The Labute approximate surface area is 174 Å². The van der Waals surface area contributed by atoms with Gasteiger partial charge in [0.15, 0.2) is 11.4 Å². The van der Waals surface area contributed by atoms with Gasteiger partial charge in [0.2, 0.25) is 0 Å². The highest BCUT2D eigenvalue weighted by atomic mass is 16.1. The predicted molar refractivity (Wildman–Crippen MR) is 117 cm³/mol. The van der Waals surface area contributed by atoms with Crippen molar-refractivity contribution in [3.05, 3.63) is 69.5 Å². The highest BCUT2D eigenvalue weighted by Crippen LogP contribution is 2.27. The van der Waals surface area contributed by atoms with E-state index in [4.69, 9.17) is 0 Å². The predicted octanol–water partition coefficient (Wildman–Crippen LogP) is 3.60. The third-order valence-electron chi connectivity index (χ3n) is 6.42. The normalized spacial score (nSPS) is 16.2. The Morgan fingerprint density at radius 2 is 2.03 bits per heavy atom. The van der Waals surface area contributed by atoms with E-state index in [2.05, 4.69) is 16.9 Å². The molecule has 0 N–H and O–H groups in total. The van der Waals surface area contributed by atoms with Gasteiger partial charge >= 0.3 is 0 Å². The van der Waals surface area contributed by atoms with Crippen molar-refractivity contribution in [1.82, 2.24) is 19.1 Å². The molecule has 0 bridgehead atoms. The number of pyridine rings is 1. The van der Waals surface area contributed by atoms with Crippen LogP contribution in [0.25, 0.3) is 21.9 Å². The molecule has 0 radical (unpaired) electrons. The number of nitrogens with zero attached hydrogens (tertiary/aromatic N) is 4. The van der Waals surface area contributed by atoms with Gasteiger partial charge in [0.05, 0.1) is 11.9 Å². The second kappa shape index (κ2) is 6.90. The van der Waals surface area contributed by atoms with Crippen LogP contribution in [0.4, 0.5) is 0 Å². The Kier molecular flexibility index (Phi) is 4.31. The molecule has 1 atom stereocenters. The molecule has 0 spiro atoms. The number of carbonyl (C=O) groups is 1. The number of fused-ring (bicyclic) bond motifs is 3. The van der Waals surface area contributed by atoms with Crippen molar-refractivity contribution in [2.75, 3.05) is 0 Å². The van der Waals surface area contributed by atoms with Gasteiger partial charge in [0.1, 0.15) is 6.33 Å². The first-order chi connectivity index (χ1) is 14.4. The zero-order valence-electron chi connectivity index (χ0n) is 17.5. The van der Waals surface area contributed by atoms with Gasteiger partial charge in [-0.3, -0.25) is 14.2 Å². The van der Waals surface area contributed by atoms with Crippen LogP contribution in [0.5, 0.6) is 0 Å². The van der Waals surface area contributed by atoms with Crippen molar-refractivity contribution in [2.45, 2.75) is 39.7 Å². The van der Waals surface area contributed by atoms with Gasteiger partial charge in [-0.15, -0.1) is 0 Å². The number of ketones is 1. The van der Waals surface area contributed by atoms with Gasteiger partial charge in [-0.2, -0.15) is 0 Å². The molecule has 0 aliphatic heterocycles. The van der Waals surface area contributed by atoms with E-state index in [0.29, 0.717) is 22.5 Å². The Bertz CT molecular complexity index is 1380. The van der Waals surface area contributed by atoms with Crippen molar-refractivity contribution in [1.29, 1.82) is 0 Å². The molecular weight excluding hydrogens is 376 g/mol. The first kappa shape index (κ1) is 18.7. The monoisotopic (exact) mass is 400 g/mol. The SMILES string of the molecule is Cc1c(C(=O)Cn2cnc3nc4c(cc3c2=O)CC(C)CC4)c2ccccc2n1C. The van der Waals surface area contributed by atoms with E-state index in [1.807, 2.05) is 48.9 Å². The van der Waals surface area contributed by atoms with Crippen LogP contribution in [0.1, 0.15) is 40.7 Å². The molecule has 1 aliphatic carbocycles. The van der Waals surface area contributed by atoms with Crippen LogP contribution in [0.3, 0.4) is 0 Å². The van der Waals surface area contributed by atoms with E-state index in [-0.39, 0.29) is 17.9 Å². The van der Waals surface area contributed by atoms with Crippen LogP contribution in [0.2, 0.25) is 0 Å². The number of benzene rings is 1. The Morgan fingerprint density at radius 3 is 2.87 bits per heavy atom. The average Bonchev–Trinajstić information content (AvgIpc) is 3.00. The summed E-state index contributed by atoms with van der Waals surface area (Å²) < 4.78 is 3.42. The molecule has 1 unspecified atom stereocenters. The maximum atomic E-state index is 13.2. The summed E-state index contributed by atoms with van der Waals surface area (Å²) in [4.78, 5) is 35.4. The maximum Gasteiger partial charge on any atom is 0.263 e. The van der Waals surface area contributed by atoms with Gasteiger partial charge in [-0.1, -0.05) is 25.1 Å². The molecule has 5 rings (SSSR count). The lowest BCUT2D eigenvalue weighted by molar-refractivity contribution is 0.0971. The lowest BCUT2D eigenvalue weighted by Crippen LogP contribution is -2.26. The van der Waals surface area contributed by atoms with Gasteiger partial charge in [-0.25, -0.2) is 9.97 Å². The molecule has 0 saturated heterocycles. The quantitative estimate of drug-likeness (QED) is 0.493. The van der Waals surface area contributed by atoms with Crippen LogP contribution in [0, 0.1) is 12.8 Å². The number of aromatic nitrogens is 4. The van der Waals surface area contributed by atoms with Gasteiger partial charge in [0, 0.05) is 34.9 Å². The second-order valence-corrected chi connectivity index (χ2v) is 8.45. The number of rotatable bonds is 3. The molecule has 3 aromatic heterocycles. The van der Waals surface area contributed by atoms with Crippen molar-refractivity contribution in [3.8, 4) is 0 Å². The summed E-state index contributed by atoms with van der Waals surface area (Å²) in [7, 11) is 1.95. The number of hydrogen-bond acceptors (Lipinski definition) is 4. The van der Waals surface area contributed by atoms with Crippen LogP contribution >= 0.6 is 0 Å². The summed E-state index contributed by atoms with van der Waals surface area (Å²) in [5.74, 6) is 0.499. The summed E-state index contributed by atoms with van der Waals surface area (Å²) >= 11 is 0. The summed E-state index contributed by atoms with van der Waals surface area (Å²) in [5.41, 5.74) is 5.01. The van der Waals surface area contributed by atoms with Crippen molar-refractivity contribution in [3.63, 3.8) is 0 Å². The smallest absolute Gasteiger partial charge is 0.263 e. The number of aryl methyl sites for hydroxylation is 2. The maximum absolute atomic E-state index is 13.2. The fraction of sp³-hybridized carbons (Fsp3) is 0.333. The molecule has 0 amide bonds. The summed E-state index contributed by atoms with van der Waals surface area (Å²) in [6.07, 6.45) is 4.42. The minimum absolute atomic E-state index is 0.0376. The molecule has 6 nitrogen and oxygen atoms in total. The molecule has 0 saturated carbocycles. The fourth-order valence-corrected chi connectivity index (χ4v) is 4.64. The standard InChI is InChI=1S/C24H24N4O2/c1-14-8-9-19-16(10-14)11-18-23(26-19)25-13-28(24(18)30)12-21(29)22-15(2)27(3)20-7-5-4-6-17(20)22/h4-7,11,13-14H,8-10,12H2,1-3H3. The third-order valence-corrected chi connectivity index (χ3v) is 6.42. The fourth-order valence-electron chi connectivity index (χ4n) is 4.64. The molecule has 30 heavy (non-hydrogen) atoms. The van der Waals surface area contributed by atoms with Crippen molar-refractivity contribution in [2.24, 2.45) is 13.0 Å². The molecule has 1 aromatic carbocycles. The zero-order valence-corrected chi connectivity index (χ0v) is 17.5. The largest absolute Gasteiger partial charge is 0.347 e. The molecule has 1 aliphatic rings. The topological polar surface area (TPSA) is 69.8 Å². The van der Waals surface area contributed by atoms with E-state index in [1.54, 1.807) is 0 Å². The van der Waals surface area contributed by atoms with Crippen LogP contribution in [-0.4, -0.2) is 24.9 Å². The van der Waals surface area contributed by atoms with Gasteiger partial charge < -0.3 is 4.57 Å². The van der Waals surface area contributed by atoms with E-state index < -0.39 is 0 Å². The number of carbonyl (C=O) groups excluding carboxylic acids is 1. The molecule has 3 heterocycles. The molecule has 0 fully saturated rings. The highest BCUT2D eigenvalue weighted by molar-refractivity contribution is 6.09. The highest BCUT2D eigenvalue weighted by Gasteiger charge is 2.21. The lowest BCUT2D eigenvalue weighted by atomic mass is 9.87. The average molecular weight is 400 g/mol. The Hall–Kier alpha value is -3.28. The lowest BCUT2D eigenvalue weighted by Gasteiger charge is -2.20. The third kappa shape index (κ3) is 2.86. The Morgan fingerprint density at radius 1 is 1.23 bits per heavy atom. The van der Waals surface area contributed by atoms with Crippen LogP contribution in [-0.2, 0) is 26.4 Å². The first-order valence-corrected chi connectivity index (χ1v) is 10.4. The van der Waals surface area contributed by atoms with Gasteiger partial charge in [0.25, 0.3) is 5.56 Å². The second-order valence-electron chi connectivity index (χ2n) is 8.45. The number of Topliss-reactive ketones (excluding diaryl/α,β-unsaturated/α-hetero) is 1. The Balaban J connectivity index is 1.56. The van der Waals surface area contributed by atoms with Gasteiger partial charge in [-0.05, 0) is 49.8 Å². The van der Waals surface area contributed by atoms with Crippen molar-refractivity contribution >= 4 is 27.7 Å². The van der Waals surface area contributed by atoms with E-state index in [0.717, 1.165) is 47.1 Å². The van der Waals surface area contributed by atoms with Crippen molar-refractivity contribution < 1.29 is 4.79 Å². The van der Waals surface area contributed by atoms with E-state index >= 15 is 0 Å². The van der Waals surface area contributed by atoms with E-state index in [9.17, 15) is 9.59 Å². The summed E-state index contributed by atoms with van der Waals surface area (Å²) in [5, 5.41) is 1.40. The number of hydrogen-bond donors (Lipinski definition) is 0. The molecule has 4 aromatic rings. The van der Waals surface area contributed by atoms with Crippen LogP contribution in [0.15, 0.2) is 41.5 Å². The summed E-state index contributed by atoms with van der Waals surface area (Å²) in [6, 6.07) is 9.78. The van der Waals surface area contributed by atoms with Crippen LogP contribution < -0.4 is 5.56 Å². The number of para-hydroxylation sites is 1. The summed E-state index contributed by atoms with van der Waals surface area (Å²) in [6.45, 7) is 4.12. The minimum Gasteiger partial charge on any atom is -0.347 e. The molecule has 152 valence electrons.